The third-order valence-electron chi connectivity index (χ3n) is 1.30. The van der Waals surface area contributed by atoms with Crippen molar-refractivity contribution in [3.05, 3.63) is 30.1 Å². The summed E-state index contributed by atoms with van der Waals surface area (Å²) in [5, 5.41) is 3.94. The Morgan fingerprint density at radius 3 is 2.73 bits per heavy atom. The van der Waals surface area contributed by atoms with Gasteiger partial charge < -0.3 is 0 Å². The molecular formula is C8H10N2O. The van der Waals surface area contributed by atoms with Crippen molar-refractivity contribution in [2.24, 2.45) is 0 Å². The van der Waals surface area contributed by atoms with Gasteiger partial charge in [0.1, 0.15) is 0 Å². The Bertz CT molecular complexity index is 299. The first-order valence-electron chi connectivity index (χ1n) is 3.34. The van der Waals surface area contributed by atoms with Gasteiger partial charge in [0.2, 0.25) is 0 Å². The van der Waals surface area contributed by atoms with Crippen molar-refractivity contribution >= 4 is 5.91 Å². The van der Waals surface area contributed by atoms with Crippen LogP contribution in [-0.4, -0.2) is 15.7 Å². The van der Waals surface area contributed by atoms with Gasteiger partial charge in [0.15, 0.2) is 0 Å². The predicted octanol–water partition coefficient (Wildman–Crippen LogP) is 1.41. The summed E-state index contributed by atoms with van der Waals surface area (Å²) in [4.78, 5) is 11.2. The molecule has 0 radical (unpaired) electrons. The number of allylic oxidation sites excluding steroid dienone is 1. The van der Waals surface area contributed by atoms with E-state index in [1.54, 1.807) is 19.2 Å². The quantitative estimate of drug-likeness (QED) is 0.567. The molecular weight excluding hydrogens is 140 g/mol. The molecule has 0 N–H and O–H groups in total. The summed E-state index contributed by atoms with van der Waals surface area (Å²) >= 11 is 0. The van der Waals surface area contributed by atoms with Gasteiger partial charge in [-0.3, -0.25) is 4.79 Å². The van der Waals surface area contributed by atoms with E-state index in [9.17, 15) is 4.79 Å². The predicted molar refractivity (Wildman–Crippen MR) is 42.4 cm³/mol. The van der Waals surface area contributed by atoms with Crippen LogP contribution in [0.25, 0.3) is 0 Å². The lowest BCUT2D eigenvalue weighted by Crippen LogP contribution is -2.11. The Kier molecular flexibility index (Phi) is 1.89. The second-order valence-corrected chi connectivity index (χ2v) is 2.49. The van der Waals surface area contributed by atoms with Gasteiger partial charge in [-0.15, -0.1) is 0 Å². The van der Waals surface area contributed by atoms with Gasteiger partial charge in [0, 0.05) is 11.8 Å². The van der Waals surface area contributed by atoms with Crippen LogP contribution in [-0.2, 0) is 0 Å². The molecule has 0 bridgehead atoms. The maximum absolute atomic E-state index is 11.2. The van der Waals surface area contributed by atoms with Crippen LogP contribution in [0.4, 0.5) is 0 Å². The van der Waals surface area contributed by atoms with Crippen LogP contribution in [0.15, 0.2) is 24.4 Å². The third kappa shape index (κ3) is 1.55. The molecule has 0 unspecified atom stereocenters. The van der Waals surface area contributed by atoms with Crippen LogP contribution in [0.2, 0.25) is 0 Å². The molecule has 1 rings (SSSR count). The summed E-state index contributed by atoms with van der Waals surface area (Å²) in [6.07, 6.45) is 1.63. The van der Waals surface area contributed by atoms with Crippen molar-refractivity contribution < 1.29 is 4.79 Å². The molecule has 1 aromatic rings. The first-order chi connectivity index (χ1) is 5.11. The smallest absolute Gasteiger partial charge is 0.267 e. The fraction of sp³-hybridized carbons (Fsp3) is 0.250. The normalized spacial score (nSPS) is 9.64. The summed E-state index contributed by atoms with van der Waals surface area (Å²) in [6.45, 7) is 7.03. The Morgan fingerprint density at radius 2 is 2.36 bits per heavy atom. The minimum Gasteiger partial charge on any atom is -0.267 e. The van der Waals surface area contributed by atoms with Crippen molar-refractivity contribution in [3.8, 4) is 0 Å². The number of hydrogen-bond donors (Lipinski definition) is 0. The summed E-state index contributed by atoms with van der Waals surface area (Å²) in [7, 11) is 0. The Labute approximate surface area is 65.3 Å². The zero-order chi connectivity index (χ0) is 8.43. The minimum absolute atomic E-state index is 0.155. The lowest BCUT2D eigenvalue weighted by atomic mass is 10.3. The second kappa shape index (κ2) is 2.70. The van der Waals surface area contributed by atoms with Gasteiger partial charge >= 0.3 is 0 Å². The Balaban J connectivity index is 2.94. The van der Waals surface area contributed by atoms with Crippen molar-refractivity contribution in [3.63, 3.8) is 0 Å². The van der Waals surface area contributed by atoms with E-state index >= 15 is 0 Å². The highest BCUT2D eigenvalue weighted by Gasteiger charge is 2.04. The van der Waals surface area contributed by atoms with E-state index in [2.05, 4.69) is 11.7 Å². The molecule has 0 fully saturated rings. The number of nitrogens with zero attached hydrogens (tertiary/aromatic N) is 2. The van der Waals surface area contributed by atoms with E-state index in [-0.39, 0.29) is 5.91 Å². The molecule has 0 aliphatic rings. The number of carbonyl (C=O) groups excluding carboxylic acids is 1. The number of hydrogen-bond acceptors (Lipinski definition) is 2. The number of carbonyl (C=O) groups is 1. The molecule has 0 aliphatic carbocycles. The maximum Gasteiger partial charge on any atom is 0.273 e. The third-order valence-corrected chi connectivity index (χ3v) is 1.30. The minimum atomic E-state index is -0.155. The molecule has 0 aliphatic heterocycles. The van der Waals surface area contributed by atoms with E-state index in [0.717, 1.165) is 5.69 Å². The molecule has 3 heteroatoms. The van der Waals surface area contributed by atoms with E-state index < -0.39 is 0 Å². The number of aromatic nitrogens is 2. The molecule has 0 atom stereocenters. The molecule has 0 amide bonds. The Morgan fingerprint density at radius 1 is 1.73 bits per heavy atom. The monoisotopic (exact) mass is 150 g/mol. The van der Waals surface area contributed by atoms with Crippen LogP contribution in [0.5, 0.6) is 0 Å². The van der Waals surface area contributed by atoms with E-state index in [0.29, 0.717) is 5.57 Å². The van der Waals surface area contributed by atoms with Gasteiger partial charge in [-0.25, -0.2) is 4.68 Å². The summed E-state index contributed by atoms with van der Waals surface area (Å²) in [5.41, 5.74) is 1.33. The van der Waals surface area contributed by atoms with Gasteiger partial charge in [-0.1, -0.05) is 6.58 Å². The topological polar surface area (TPSA) is 34.9 Å². The van der Waals surface area contributed by atoms with Gasteiger partial charge in [-0.2, -0.15) is 5.10 Å². The number of aryl methyl sites for hydroxylation is 1. The molecule has 1 aromatic heterocycles. The molecule has 11 heavy (non-hydrogen) atoms. The zero-order valence-electron chi connectivity index (χ0n) is 6.66. The van der Waals surface area contributed by atoms with E-state index in [4.69, 9.17) is 0 Å². The van der Waals surface area contributed by atoms with Gasteiger partial charge in [0.25, 0.3) is 5.91 Å². The molecule has 3 nitrogen and oxygen atoms in total. The van der Waals surface area contributed by atoms with Crippen LogP contribution in [0, 0.1) is 6.92 Å². The van der Waals surface area contributed by atoms with Gasteiger partial charge in [-0.05, 0) is 19.9 Å². The van der Waals surface area contributed by atoms with Crippen molar-refractivity contribution in [2.45, 2.75) is 13.8 Å². The molecule has 0 aromatic carbocycles. The van der Waals surface area contributed by atoms with Gasteiger partial charge in [0.05, 0.1) is 5.69 Å². The summed E-state index contributed by atoms with van der Waals surface area (Å²) in [6, 6.07) is 1.78. The Hall–Kier alpha value is -1.38. The lowest BCUT2D eigenvalue weighted by Gasteiger charge is -1.96. The average Bonchev–Trinajstić information content (AvgIpc) is 2.34. The maximum atomic E-state index is 11.2. The zero-order valence-corrected chi connectivity index (χ0v) is 6.66. The standard InChI is InChI=1S/C8H10N2O/c1-6(2)8(11)10-5-4-7(3)9-10/h4-5H,1H2,2-3H3. The summed E-state index contributed by atoms with van der Waals surface area (Å²) in [5.74, 6) is -0.155. The molecule has 0 spiro atoms. The molecule has 1 heterocycles. The SMILES string of the molecule is C=C(C)C(=O)n1ccc(C)n1. The fourth-order valence-electron chi connectivity index (χ4n) is 0.724. The van der Waals surface area contributed by atoms with Crippen molar-refractivity contribution in [1.29, 1.82) is 0 Å². The molecule has 0 saturated carbocycles. The molecule has 58 valence electrons. The first-order valence-corrected chi connectivity index (χ1v) is 3.34. The fourth-order valence-corrected chi connectivity index (χ4v) is 0.724. The van der Waals surface area contributed by atoms with Crippen LogP contribution in [0.1, 0.15) is 17.4 Å². The highest BCUT2D eigenvalue weighted by atomic mass is 16.2. The van der Waals surface area contributed by atoms with Crippen LogP contribution < -0.4 is 0 Å². The van der Waals surface area contributed by atoms with Crippen LogP contribution in [0.3, 0.4) is 0 Å². The average molecular weight is 150 g/mol. The van der Waals surface area contributed by atoms with E-state index in [1.165, 1.54) is 4.68 Å². The van der Waals surface area contributed by atoms with Crippen molar-refractivity contribution in [1.82, 2.24) is 9.78 Å². The van der Waals surface area contributed by atoms with E-state index in [1.807, 2.05) is 6.92 Å². The second-order valence-electron chi connectivity index (χ2n) is 2.49. The first kappa shape index (κ1) is 7.72. The summed E-state index contributed by atoms with van der Waals surface area (Å²) < 4.78 is 1.29. The highest BCUT2D eigenvalue weighted by molar-refractivity contribution is 5.93. The largest absolute Gasteiger partial charge is 0.273 e. The highest BCUT2D eigenvalue weighted by Crippen LogP contribution is 1.97. The van der Waals surface area contributed by atoms with Crippen LogP contribution >= 0.6 is 0 Å². The lowest BCUT2D eigenvalue weighted by molar-refractivity contribution is 0.0940. The molecule has 0 saturated heterocycles. The van der Waals surface area contributed by atoms with Crippen molar-refractivity contribution in [2.75, 3.05) is 0 Å². The number of rotatable bonds is 1.